The Hall–Kier alpha value is -4.92. The molecule has 0 aliphatic rings. The summed E-state index contributed by atoms with van der Waals surface area (Å²) in [4.78, 5) is 13.3. The quantitative estimate of drug-likeness (QED) is 0.118. The summed E-state index contributed by atoms with van der Waals surface area (Å²) in [5, 5.41) is 27.0. The zero-order valence-corrected chi connectivity index (χ0v) is 28.2. The largest absolute Gasteiger partial charge is 0.506 e. The van der Waals surface area contributed by atoms with E-state index < -0.39 is 5.91 Å². The fraction of sp³-hybridized carbons (Fsp3) is 0.368. The Morgan fingerprint density at radius 3 is 2.28 bits per heavy atom. The number of carbonyl (C=O) groups is 1. The molecule has 9 heteroatoms. The van der Waals surface area contributed by atoms with Crippen LogP contribution in [0, 0.1) is 0 Å². The van der Waals surface area contributed by atoms with E-state index in [-0.39, 0.29) is 28.2 Å². The number of aromatic nitrogens is 4. The highest BCUT2D eigenvalue weighted by Gasteiger charge is 2.27. The number of nitrogens with zero attached hydrogens (tertiary/aromatic N) is 4. The highest BCUT2D eigenvalue weighted by molar-refractivity contribution is 6.05. The van der Waals surface area contributed by atoms with Gasteiger partial charge in [0.15, 0.2) is 0 Å². The van der Waals surface area contributed by atoms with Crippen LogP contribution in [0.2, 0.25) is 0 Å². The lowest BCUT2D eigenvalue weighted by molar-refractivity contribution is 0.0949. The molecular weight excluding hydrogens is 590 g/mol. The molecule has 5 rings (SSSR count). The number of ether oxygens (including phenoxy) is 2. The number of fused-ring (bicyclic) bond motifs is 1. The van der Waals surface area contributed by atoms with E-state index in [0.717, 1.165) is 30.7 Å². The van der Waals surface area contributed by atoms with Crippen molar-refractivity contribution in [2.24, 2.45) is 0 Å². The number of rotatable bonds is 14. The van der Waals surface area contributed by atoms with Gasteiger partial charge in [0.1, 0.15) is 17.2 Å². The molecular formula is C38H45N5O4. The monoisotopic (exact) mass is 635 g/mol. The molecule has 0 radical (unpaired) electrons. The standard InChI is InChI=1S/C38H45N5O4/c1-7-37(3,4)26-20-21-32(31(24-26)38(5,6)8-2)46-23-15-14-22-39-35(45)30-25-33(28-18-12-13-19-29(28)34(30)44)47-36-40-41-42-43(36)27-16-10-9-11-17-27/h9-13,16-21,24-25,44H,7-8,14-15,22-23H2,1-6H3,(H,39,45). The Kier molecular flexibility index (Phi) is 10.1. The van der Waals surface area contributed by atoms with Crippen molar-refractivity contribution in [3.8, 4) is 28.9 Å². The van der Waals surface area contributed by atoms with Gasteiger partial charge in [0.05, 0.1) is 17.9 Å². The SMILES string of the molecule is CCC(C)(C)c1ccc(OCCCCNC(=O)c2cc(Oc3nnnn3-c3ccccc3)c3ccccc3c2O)c(C(C)(C)CC)c1. The van der Waals surface area contributed by atoms with E-state index in [0.29, 0.717) is 36.1 Å². The van der Waals surface area contributed by atoms with Gasteiger partial charge in [-0.3, -0.25) is 4.79 Å². The van der Waals surface area contributed by atoms with Crippen molar-refractivity contribution in [2.75, 3.05) is 13.2 Å². The maximum atomic E-state index is 13.3. The van der Waals surface area contributed by atoms with Crippen LogP contribution in [0.5, 0.6) is 23.3 Å². The van der Waals surface area contributed by atoms with Crippen LogP contribution in [0.3, 0.4) is 0 Å². The van der Waals surface area contributed by atoms with Crippen molar-refractivity contribution in [1.82, 2.24) is 25.5 Å². The Bertz CT molecular complexity index is 1830. The first-order chi connectivity index (χ1) is 22.6. The lowest BCUT2D eigenvalue weighted by Gasteiger charge is -2.30. The van der Waals surface area contributed by atoms with E-state index in [4.69, 9.17) is 9.47 Å². The average molecular weight is 636 g/mol. The zero-order chi connectivity index (χ0) is 33.6. The average Bonchev–Trinajstić information content (AvgIpc) is 3.56. The van der Waals surface area contributed by atoms with E-state index >= 15 is 0 Å². The number of phenols is 1. The van der Waals surface area contributed by atoms with Crippen LogP contribution in [0.25, 0.3) is 16.5 Å². The van der Waals surface area contributed by atoms with Crippen molar-refractivity contribution in [1.29, 1.82) is 0 Å². The summed E-state index contributed by atoms with van der Waals surface area (Å²) in [6, 6.07) is 24.8. The number of aromatic hydroxyl groups is 1. The maximum Gasteiger partial charge on any atom is 0.345 e. The summed E-state index contributed by atoms with van der Waals surface area (Å²) < 4.78 is 13.9. The fourth-order valence-electron chi connectivity index (χ4n) is 5.36. The molecule has 246 valence electrons. The molecule has 47 heavy (non-hydrogen) atoms. The first-order valence-corrected chi connectivity index (χ1v) is 16.4. The summed E-state index contributed by atoms with van der Waals surface area (Å²) in [5.41, 5.74) is 3.47. The zero-order valence-electron chi connectivity index (χ0n) is 28.2. The van der Waals surface area contributed by atoms with Gasteiger partial charge in [-0.15, -0.1) is 0 Å². The highest BCUT2D eigenvalue weighted by Crippen LogP contribution is 2.39. The molecule has 1 amide bonds. The number of phenolic OH excluding ortho intramolecular Hbond substituents is 1. The van der Waals surface area contributed by atoms with Gasteiger partial charge in [-0.1, -0.05) is 101 Å². The van der Waals surface area contributed by atoms with Crippen LogP contribution in [0.15, 0.2) is 78.9 Å². The van der Waals surface area contributed by atoms with Crippen LogP contribution in [-0.2, 0) is 10.8 Å². The molecule has 0 spiro atoms. The first kappa shape index (κ1) is 33.4. The lowest BCUT2D eigenvalue weighted by atomic mass is 9.76. The summed E-state index contributed by atoms with van der Waals surface area (Å²) in [7, 11) is 0. The van der Waals surface area contributed by atoms with Crippen molar-refractivity contribution >= 4 is 16.7 Å². The molecule has 0 unspecified atom stereocenters. The predicted octanol–water partition coefficient (Wildman–Crippen LogP) is 8.28. The third-order valence-corrected chi connectivity index (χ3v) is 9.24. The molecule has 0 atom stereocenters. The number of hydrogen-bond donors (Lipinski definition) is 2. The van der Waals surface area contributed by atoms with E-state index in [1.807, 2.05) is 42.5 Å². The molecule has 4 aromatic carbocycles. The Morgan fingerprint density at radius 2 is 1.55 bits per heavy atom. The van der Waals surface area contributed by atoms with E-state index in [1.165, 1.54) is 21.9 Å². The number of benzene rings is 4. The molecule has 0 aliphatic heterocycles. The van der Waals surface area contributed by atoms with Crippen molar-refractivity contribution in [3.05, 3.63) is 95.6 Å². The molecule has 0 fully saturated rings. The number of unbranched alkanes of at least 4 members (excludes halogenated alkanes) is 1. The molecule has 0 saturated heterocycles. The summed E-state index contributed by atoms with van der Waals surface area (Å²) in [5.74, 6) is 0.756. The summed E-state index contributed by atoms with van der Waals surface area (Å²) in [6.07, 6.45) is 3.53. The second-order valence-corrected chi connectivity index (χ2v) is 13.1. The molecule has 9 nitrogen and oxygen atoms in total. The van der Waals surface area contributed by atoms with Crippen molar-refractivity contribution in [2.45, 2.75) is 78.1 Å². The van der Waals surface area contributed by atoms with Crippen LogP contribution < -0.4 is 14.8 Å². The van der Waals surface area contributed by atoms with Gasteiger partial charge in [-0.25, -0.2) is 0 Å². The van der Waals surface area contributed by atoms with E-state index in [2.05, 4.69) is 80.6 Å². The second-order valence-electron chi connectivity index (χ2n) is 13.1. The maximum absolute atomic E-state index is 13.3. The smallest absolute Gasteiger partial charge is 0.345 e. The van der Waals surface area contributed by atoms with Crippen LogP contribution in [0.4, 0.5) is 0 Å². The third kappa shape index (κ3) is 7.40. The van der Waals surface area contributed by atoms with Crippen LogP contribution >= 0.6 is 0 Å². The fourth-order valence-corrected chi connectivity index (χ4v) is 5.36. The molecule has 2 N–H and O–H groups in total. The third-order valence-electron chi connectivity index (χ3n) is 9.24. The summed E-state index contributed by atoms with van der Waals surface area (Å²) >= 11 is 0. The molecule has 5 aromatic rings. The van der Waals surface area contributed by atoms with Gasteiger partial charge in [-0.05, 0) is 76.8 Å². The van der Waals surface area contributed by atoms with Gasteiger partial charge in [-0.2, -0.15) is 4.68 Å². The lowest BCUT2D eigenvalue weighted by Crippen LogP contribution is -2.25. The molecule has 1 heterocycles. The molecule has 0 aliphatic carbocycles. The van der Waals surface area contributed by atoms with Crippen LogP contribution in [-0.4, -0.2) is 44.4 Å². The minimum Gasteiger partial charge on any atom is -0.506 e. The molecule has 0 saturated carbocycles. The van der Waals surface area contributed by atoms with Gasteiger partial charge < -0.3 is 19.9 Å². The van der Waals surface area contributed by atoms with E-state index in [1.54, 1.807) is 12.1 Å². The Balaban J connectivity index is 1.24. The number of hydrogen-bond acceptors (Lipinski definition) is 7. The number of amides is 1. The predicted molar refractivity (Wildman–Crippen MR) is 185 cm³/mol. The Labute approximate surface area is 276 Å². The molecule has 1 aromatic heterocycles. The second kappa shape index (κ2) is 14.2. The minimum absolute atomic E-state index is 0.0126. The number of tetrazole rings is 1. The Morgan fingerprint density at radius 1 is 0.851 bits per heavy atom. The highest BCUT2D eigenvalue weighted by atomic mass is 16.5. The number of carbonyl (C=O) groups excluding carboxylic acids is 1. The number of para-hydroxylation sites is 1. The van der Waals surface area contributed by atoms with Gasteiger partial charge in [0.2, 0.25) is 0 Å². The summed E-state index contributed by atoms with van der Waals surface area (Å²) in [6.45, 7) is 14.5. The van der Waals surface area contributed by atoms with Crippen molar-refractivity contribution < 1.29 is 19.4 Å². The van der Waals surface area contributed by atoms with Gasteiger partial charge in [0.25, 0.3) is 5.91 Å². The normalized spacial score (nSPS) is 11.9. The van der Waals surface area contributed by atoms with Gasteiger partial charge >= 0.3 is 6.01 Å². The molecule has 0 bridgehead atoms. The van der Waals surface area contributed by atoms with Gasteiger partial charge in [0, 0.05) is 22.9 Å². The number of nitrogens with one attached hydrogen (secondary N) is 1. The first-order valence-electron chi connectivity index (χ1n) is 16.4. The van der Waals surface area contributed by atoms with Crippen molar-refractivity contribution in [3.63, 3.8) is 0 Å². The van der Waals surface area contributed by atoms with Crippen LogP contribution in [0.1, 0.15) is 88.7 Å². The topological polar surface area (TPSA) is 111 Å². The van der Waals surface area contributed by atoms with E-state index in [9.17, 15) is 9.90 Å². The minimum atomic E-state index is -0.400.